The minimum absolute atomic E-state index is 0.131. The van der Waals surface area contributed by atoms with Crippen molar-refractivity contribution in [2.75, 3.05) is 29.5 Å². The van der Waals surface area contributed by atoms with E-state index in [1.165, 1.54) is 16.7 Å². The predicted molar refractivity (Wildman–Crippen MR) is 216 cm³/mol. The van der Waals surface area contributed by atoms with Gasteiger partial charge >= 0.3 is 0 Å². The van der Waals surface area contributed by atoms with E-state index in [9.17, 15) is 25.9 Å². The quantitative estimate of drug-likeness (QED) is 0.130. The first-order valence-corrected chi connectivity index (χ1v) is 21.4. The molecule has 2 N–H and O–H groups in total. The molecule has 53 heavy (non-hydrogen) atoms. The average Bonchev–Trinajstić information content (AvgIpc) is 3.46. The maximum absolute atomic E-state index is 11.9. The Morgan fingerprint density at radius 3 is 2.02 bits per heavy atom. The summed E-state index contributed by atoms with van der Waals surface area (Å²) in [6, 6.07) is 24.7. The molecule has 10 heteroatoms. The highest BCUT2D eigenvalue weighted by Gasteiger charge is 2.46. The van der Waals surface area contributed by atoms with Gasteiger partial charge in [-0.05, 0) is 102 Å². The zero-order valence-electron chi connectivity index (χ0n) is 30.9. The molecule has 4 aromatic rings. The summed E-state index contributed by atoms with van der Waals surface area (Å²) >= 11 is 0. The van der Waals surface area contributed by atoms with Crippen molar-refractivity contribution >= 4 is 58.9 Å². The van der Waals surface area contributed by atoms with Gasteiger partial charge in [0.05, 0.1) is 11.2 Å². The summed E-state index contributed by atoms with van der Waals surface area (Å²) < 4.78 is 69.2. The van der Waals surface area contributed by atoms with Gasteiger partial charge in [0, 0.05) is 41.1 Å². The maximum atomic E-state index is 11.9. The van der Waals surface area contributed by atoms with Crippen molar-refractivity contribution < 1.29 is 30.5 Å². The van der Waals surface area contributed by atoms with Gasteiger partial charge in [-0.1, -0.05) is 80.6 Å². The van der Waals surface area contributed by atoms with Crippen molar-refractivity contribution in [3.63, 3.8) is 0 Å². The number of nitrogens with zero attached hydrogens (tertiary/aromatic N) is 2. The Hall–Kier alpha value is -4.35. The van der Waals surface area contributed by atoms with Gasteiger partial charge in [-0.3, -0.25) is 9.11 Å². The monoisotopic (exact) mass is 751 g/mol. The lowest BCUT2D eigenvalue weighted by Crippen LogP contribution is -2.30. The highest BCUT2D eigenvalue weighted by Crippen LogP contribution is 2.51. The van der Waals surface area contributed by atoms with Crippen LogP contribution in [0.15, 0.2) is 120 Å². The van der Waals surface area contributed by atoms with E-state index in [-0.39, 0.29) is 24.6 Å². The lowest BCUT2D eigenvalue weighted by Gasteiger charge is -2.27. The van der Waals surface area contributed by atoms with E-state index in [0.717, 1.165) is 74.7 Å². The van der Waals surface area contributed by atoms with Crippen LogP contribution in [0.25, 0.3) is 21.5 Å². The molecule has 0 amide bonds. The van der Waals surface area contributed by atoms with Crippen LogP contribution in [-0.4, -0.2) is 60.8 Å². The normalized spacial score (nSPS) is 20.1. The molecule has 0 aromatic heterocycles. The number of benzene rings is 4. The fraction of sp³-hybridized carbons (Fsp3) is 0.326. The van der Waals surface area contributed by atoms with Crippen molar-refractivity contribution in [1.82, 2.24) is 0 Å². The van der Waals surface area contributed by atoms with Crippen LogP contribution >= 0.6 is 0 Å². The number of allylic oxidation sites excluding steroid dienone is 8. The first kappa shape index (κ1) is 37.0. The first-order valence-electron chi connectivity index (χ1n) is 18.1. The molecule has 8 nitrogen and oxygen atoms in total. The summed E-state index contributed by atoms with van der Waals surface area (Å²) in [6.07, 6.45) is 11.3. The van der Waals surface area contributed by atoms with E-state index < -0.39 is 31.1 Å². The van der Waals surface area contributed by atoms with Crippen LogP contribution in [0.5, 0.6) is 0 Å². The Morgan fingerprint density at radius 1 is 0.736 bits per heavy atom. The molecule has 2 aliphatic heterocycles. The van der Waals surface area contributed by atoms with Crippen LogP contribution < -0.4 is 4.90 Å². The number of hydrogen-bond acceptors (Lipinski definition) is 5. The van der Waals surface area contributed by atoms with Crippen molar-refractivity contribution in [1.29, 1.82) is 0 Å². The van der Waals surface area contributed by atoms with Crippen molar-refractivity contribution in [3.05, 3.63) is 131 Å². The van der Waals surface area contributed by atoms with Crippen LogP contribution in [0.4, 0.5) is 11.4 Å². The fourth-order valence-electron chi connectivity index (χ4n) is 8.79. The lowest BCUT2D eigenvalue weighted by molar-refractivity contribution is -0.432. The van der Waals surface area contributed by atoms with E-state index in [2.05, 4.69) is 107 Å². The largest absolute Gasteiger partial charge is 0.343 e. The Balaban J connectivity index is 1.28. The van der Waals surface area contributed by atoms with Gasteiger partial charge in [-0.15, -0.1) is 0 Å². The molecule has 3 aliphatic rings. The third kappa shape index (κ3) is 6.94. The van der Waals surface area contributed by atoms with Crippen molar-refractivity contribution in [3.8, 4) is 0 Å². The lowest BCUT2D eigenvalue weighted by atomic mass is 9.78. The molecule has 2 heterocycles. The number of fused-ring (bicyclic) bond motifs is 6. The van der Waals surface area contributed by atoms with Gasteiger partial charge in [0.1, 0.15) is 5.75 Å². The standard InChI is InChI=1S/C43H46N2O6S2/c1-29-30(19-23-38-42(2,3)40-34-15-8-6-11-32(34)17-21-36(40)44(38)25-27-52(46,47)48)13-10-14-31(29)20-24-39-43(4,5)41-35-16-9-7-12-33(35)18-22-37(41)45(39)26-28-53(49,50)51/h6-9,11-12,15-24H,10,13-14,25-28H2,1-5H3,(H-,46,47,48,49,50,51)/p+1. The van der Waals surface area contributed by atoms with Gasteiger partial charge in [0.2, 0.25) is 5.69 Å². The van der Waals surface area contributed by atoms with Gasteiger partial charge in [-0.2, -0.15) is 21.4 Å². The number of hydrogen-bond donors (Lipinski definition) is 2. The molecule has 0 unspecified atom stereocenters. The summed E-state index contributed by atoms with van der Waals surface area (Å²) in [5.74, 6) is -0.763. The second kappa shape index (κ2) is 13.5. The van der Waals surface area contributed by atoms with Crippen LogP contribution in [0, 0.1) is 0 Å². The SMILES string of the molecule is CC1=C(C=CC2=[N+](CCS(=O)(=O)O)c3ccc4ccccc4c3C2(C)C)CCCC1=CC=C1N(CCS(=O)(=O)O)c2ccc3ccccc3c2C1(C)C. The molecule has 0 bridgehead atoms. The third-order valence-electron chi connectivity index (χ3n) is 11.4. The number of rotatable bonds is 9. The highest BCUT2D eigenvalue weighted by atomic mass is 32.2. The zero-order valence-corrected chi connectivity index (χ0v) is 32.6. The summed E-state index contributed by atoms with van der Waals surface area (Å²) in [6.45, 7) is 11.1. The molecular formula is C43H47N2O6S2+. The summed E-state index contributed by atoms with van der Waals surface area (Å²) in [4.78, 5) is 2.04. The van der Waals surface area contributed by atoms with Crippen molar-refractivity contribution in [2.24, 2.45) is 0 Å². The minimum Gasteiger partial charge on any atom is -0.343 e. The summed E-state index contributed by atoms with van der Waals surface area (Å²) in [5.41, 5.74) is 8.82. The average molecular weight is 752 g/mol. The highest BCUT2D eigenvalue weighted by molar-refractivity contribution is 7.86. The molecule has 0 spiro atoms. The molecule has 0 radical (unpaired) electrons. The minimum atomic E-state index is -4.18. The Bertz CT molecular complexity index is 2560. The molecule has 276 valence electrons. The Kier molecular flexibility index (Phi) is 9.42. The summed E-state index contributed by atoms with van der Waals surface area (Å²) in [7, 11) is -8.36. The molecule has 4 aromatic carbocycles. The second-order valence-electron chi connectivity index (χ2n) is 15.5. The van der Waals surface area contributed by atoms with Gasteiger partial charge in [0.15, 0.2) is 12.3 Å². The first-order chi connectivity index (χ1) is 25.0. The molecule has 7 rings (SSSR count). The van der Waals surface area contributed by atoms with E-state index >= 15 is 0 Å². The molecule has 0 fully saturated rings. The molecule has 0 saturated heterocycles. The topological polar surface area (TPSA) is 115 Å². The predicted octanol–water partition coefficient (Wildman–Crippen LogP) is 8.81. The van der Waals surface area contributed by atoms with Crippen LogP contribution in [0.2, 0.25) is 0 Å². The fourth-order valence-corrected chi connectivity index (χ4v) is 9.62. The molecule has 1 aliphatic carbocycles. The third-order valence-corrected chi connectivity index (χ3v) is 12.8. The second-order valence-corrected chi connectivity index (χ2v) is 18.6. The van der Waals surface area contributed by atoms with Crippen LogP contribution in [0.3, 0.4) is 0 Å². The van der Waals surface area contributed by atoms with Gasteiger partial charge in [-0.25, -0.2) is 0 Å². The molecule has 0 atom stereocenters. The maximum Gasteiger partial charge on any atom is 0.271 e. The van der Waals surface area contributed by atoms with E-state index in [1.54, 1.807) is 0 Å². The number of anilines is 1. The smallest absolute Gasteiger partial charge is 0.271 e. The Labute approximate surface area is 313 Å². The van der Waals surface area contributed by atoms with Gasteiger partial charge < -0.3 is 4.90 Å². The van der Waals surface area contributed by atoms with Crippen LogP contribution in [-0.2, 0) is 31.1 Å². The molecular weight excluding hydrogens is 705 g/mol. The van der Waals surface area contributed by atoms with E-state index in [4.69, 9.17) is 0 Å². The molecule has 0 saturated carbocycles. The zero-order chi connectivity index (χ0) is 37.9. The van der Waals surface area contributed by atoms with E-state index in [0.29, 0.717) is 0 Å². The Morgan fingerprint density at radius 2 is 1.36 bits per heavy atom. The summed E-state index contributed by atoms with van der Waals surface area (Å²) in [5, 5.41) is 4.48. The van der Waals surface area contributed by atoms with Crippen molar-refractivity contribution in [2.45, 2.75) is 64.7 Å². The van der Waals surface area contributed by atoms with Gasteiger partial charge in [0.25, 0.3) is 20.2 Å². The van der Waals surface area contributed by atoms with E-state index in [1.807, 2.05) is 33.7 Å². The van der Waals surface area contributed by atoms with Crippen LogP contribution in [0.1, 0.15) is 65.0 Å².